The van der Waals surface area contributed by atoms with E-state index in [9.17, 15) is 4.39 Å². The third-order valence-corrected chi connectivity index (χ3v) is 6.57. The number of hydrogen-bond donors (Lipinski definition) is 1. The van der Waals surface area contributed by atoms with Crippen LogP contribution in [0.4, 0.5) is 10.2 Å². The van der Waals surface area contributed by atoms with E-state index in [4.69, 9.17) is 4.74 Å². The standard InChI is InChI=1S/C26H24FN5OS/c1-16-12-20-24(33-3)9-8-21(27)26(20)32(16)11-10-28-25-13-22(29-15-30-25)18-4-6-19(7-5-18)23-14-34-17(2)31-23/h4-9,12-15H,10-11H2,1-3H3,(H,28,29,30). The van der Waals surface area contributed by atoms with Gasteiger partial charge in [-0.05, 0) is 32.0 Å². The Bertz CT molecular complexity index is 1460. The molecule has 5 rings (SSSR count). The summed E-state index contributed by atoms with van der Waals surface area (Å²) in [7, 11) is 1.60. The Kier molecular flexibility index (Phi) is 5.98. The number of rotatable bonds is 7. The Morgan fingerprint density at radius 3 is 2.47 bits per heavy atom. The van der Waals surface area contributed by atoms with E-state index >= 15 is 0 Å². The van der Waals surface area contributed by atoms with Gasteiger partial charge in [0.1, 0.15) is 23.7 Å². The summed E-state index contributed by atoms with van der Waals surface area (Å²) < 4.78 is 21.9. The molecule has 3 aromatic heterocycles. The molecule has 0 fully saturated rings. The van der Waals surface area contributed by atoms with E-state index < -0.39 is 0 Å². The average Bonchev–Trinajstić information content (AvgIpc) is 3.43. The van der Waals surface area contributed by atoms with E-state index in [0.717, 1.165) is 44.4 Å². The van der Waals surface area contributed by atoms with Crippen molar-refractivity contribution in [2.45, 2.75) is 20.4 Å². The van der Waals surface area contributed by atoms with E-state index in [0.29, 0.717) is 24.4 Å². The highest BCUT2D eigenvalue weighted by molar-refractivity contribution is 7.09. The molecule has 0 radical (unpaired) electrons. The number of anilines is 1. The largest absolute Gasteiger partial charge is 0.496 e. The second kappa shape index (κ2) is 9.23. The highest BCUT2D eigenvalue weighted by Gasteiger charge is 2.14. The minimum absolute atomic E-state index is 0.260. The molecule has 3 heterocycles. The van der Waals surface area contributed by atoms with Crippen LogP contribution in [0.3, 0.4) is 0 Å². The van der Waals surface area contributed by atoms with Crippen LogP contribution in [0.1, 0.15) is 10.7 Å². The summed E-state index contributed by atoms with van der Waals surface area (Å²) in [5.74, 6) is 1.13. The summed E-state index contributed by atoms with van der Waals surface area (Å²) in [6.07, 6.45) is 1.55. The molecule has 0 saturated carbocycles. The van der Waals surface area contributed by atoms with Crippen LogP contribution in [0, 0.1) is 19.7 Å². The predicted octanol–water partition coefficient (Wildman–Crippen LogP) is 6.10. The van der Waals surface area contributed by atoms with Crippen molar-refractivity contribution in [2.24, 2.45) is 0 Å². The molecule has 0 saturated heterocycles. The Hall–Kier alpha value is -3.78. The molecule has 5 aromatic rings. The molecule has 0 amide bonds. The third kappa shape index (κ3) is 4.24. The highest BCUT2D eigenvalue weighted by atomic mass is 32.1. The zero-order valence-electron chi connectivity index (χ0n) is 19.2. The number of nitrogens with one attached hydrogen (secondary N) is 1. The van der Waals surface area contributed by atoms with Crippen LogP contribution in [-0.4, -0.2) is 33.2 Å². The lowest BCUT2D eigenvalue weighted by Crippen LogP contribution is -2.13. The van der Waals surface area contributed by atoms with Gasteiger partial charge in [-0.1, -0.05) is 24.3 Å². The van der Waals surface area contributed by atoms with Crippen molar-refractivity contribution in [3.05, 3.63) is 76.8 Å². The number of nitrogens with zero attached hydrogens (tertiary/aromatic N) is 4. The fourth-order valence-corrected chi connectivity index (χ4v) is 4.74. The number of halogens is 1. The van der Waals surface area contributed by atoms with Gasteiger partial charge in [-0.2, -0.15) is 0 Å². The molecule has 1 N–H and O–H groups in total. The SMILES string of the molecule is COc1ccc(F)c2c1cc(C)n2CCNc1cc(-c2ccc(-c3csc(C)n3)cc2)ncn1. The van der Waals surface area contributed by atoms with Gasteiger partial charge in [-0.3, -0.25) is 0 Å². The Labute approximate surface area is 201 Å². The maximum Gasteiger partial charge on any atom is 0.147 e. The lowest BCUT2D eigenvalue weighted by atomic mass is 10.1. The molecular formula is C26H24FN5OS. The van der Waals surface area contributed by atoms with Crippen LogP contribution >= 0.6 is 11.3 Å². The van der Waals surface area contributed by atoms with Gasteiger partial charge in [0.05, 0.1) is 29.0 Å². The minimum atomic E-state index is -0.260. The second-order valence-electron chi connectivity index (χ2n) is 7.99. The molecule has 6 nitrogen and oxygen atoms in total. The van der Waals surface area contributed by atoms with Crippen molar-refractivity contribution in [1.29, 1.82) is 0 Å². The van der Waals surface area contributed by atoms with Crippen LogP contribution in [-0.2, 0) is 6.54 Å². The molecule has 0 aliphatic rings. The summed E-state index contributed by atoms with van der Waals surface area (Å²) in [4.78, 5) is 13.3. The van der Waals surface area contributed by atoms with Crippen LogP contribution in [0.5, 0.6) is 5.75 Å². The zero-order chi connectivity index (χ0) is 23.7. The lowest BCUT2D eigenvalue weighted by Gasteiger charge is -2.12. The van der Waals surface area contributed by atoms with Gasteiger partial charge in [0.2, 0.25) is 0 Å². The van der Waals surface area contributed by atoms with Crippen molar-refractivity contribution >= 4 is 28.1 Å². The minimum Gasteiger partial charge on any atom is -0.496 e. The predicted molar refractivity (Wildman–Crippen MR) is 135 cm³/mol. The number of benzene rings is 2. The topological polar surface area (TPSA) is 64.9 Å². The number of aromatic nitrogens is 4. The summed E-state index contributed by atoms with van der Waals surface area (Å²) >= 11 is 1.64. The van der Waals surface area contributed by atoms with E-state index in [1.54, 1.807) is 30.8 Å². The van der Waals surface area contributed by atoms with Gasteiger partial charge in [0, 0.05) is 46.7 Å². The van der Waals surface area contributed by atoms with Crippen LogP contribution in [0.25, 0.3) is 33.4 Å². The summed E-state index contributed by atoms with van der Waals surface area (Å²) in [5, 5.41) is 7.23. The first-order valence-electron chi connectivity index (χ1n) is 10.9. The summed E-state index contributed by atoms with van der Waals surface area (Å²) in [6.45, 7) is 5.14. The van der Waals surface area contributed by atoms with Crippen molar-refractivity contribution in [2.75, 3.05) is 19.0 Å². The number of methoxy groups -OCH3 is 1. The molecule has 172 valence electrons. The maximum atomic E-state index is 14.6. The van der Waals surface area contributed by atoms with E-state index in [2.05, 4.69) is 37.8 Å². The van der Waals surface area contributed by atoms with Gasteiger partial charge >= 0.3 is 0 Å². The van der Waals surface area contributed by atoms with Crippen molar-refractivity contribution < 1.29 is 9.13 Å². The molecule has 8 heteroatoms. The average molecular weight is 474 g/mol. The molecule has 0 bridgehead atoms. The monoisotopic (exact) mass is 473 g/mol. The Morgan fingerprint density at radius 2 is 1.76 bits per heavy atom. The number of hydrogen-bond acceptors (Lipinski definition) is 6. The van der Waals surface area contributed by atoms with Crippen LogP contribution in [0.2, 0.25) is 0 Å². The quantitative estimate of drug-likeness (QED) is 0.309. The normalized spacial score (nSPS) is 11.2. The second-order valence-corrected chi connectivity index (χ2v) is 9.06. The molecule has 0 atom stereocenters. The van der Waals surface area contributed by atoms with Gasteiger partial charge in [0.15, 0.2) is 0 Å². The third-order valence-electron chi connectivity index (χ3n) is 5.80. The van der Waals surface area contributed by atoms with Crippen molar-refractivity contribution in [1.82, 2.24) is 19.5 Å². The number of aryl methyl sites for hydroxylation is 2. The number of ether oxygens (including phenoxy) is 1. The molecule has 0 unspecified atom stereocenters. The number of fused-ring (bicyclic) bond motifs is 1. The molecule has 0 aliphatic heterocycles. The Balaban J connectivity index is 1.30. The molecule has 0 spiro atoms. The maximum absolute atomic E-state index is 14.6. The smallest absolute Gasteiger partial charge is 0.147 e. The zero-order valence-corrected chi connectivity index (χ0v) is 20.0. The van der Waals surface area contributed by atoms with Gasteiger partial charge in [-0.15, -0.1) is 11.3 Å². The van der Waals surface area contributed by atoms with E-state index in [1.807, 2.05) is 42.7 Å². The first kappa shape index (κ1) is 22.0. The highest BCUT2D eigenvalue weighted by Crippen LogP contribution is 2.31. The first-order valence-corrected chi connectivity index (χ1v) is 11.8. The number of thiazole rings is 1. The molecular weight excluding hydrogens is 449 g/mol. The fraction of sp³-hybridized carbons (Fsp3) is 0.192. The van der Waals surface area contributed by atoms with Gasteiger partial charge in [0.25, 0.3) is 0 Å². The molecule has 34 heavy (non-hydrogen) atoms. The van der Waals surface area contributed by atoms with Crippen molar-refractivity contribution in [3.63, 3.8) is 0 Å². The van der Waals surface area contributed by atoms with Gasteiger partial charge in [-0.25, -0.2) is 19.3 Å². The summed E-state index contributed by atoms with van der Waals surface area (Å²) in [6, 6.07) is 15.2. The van der Waals surface area contributed by atoms with Crippen molar-refractivity contribution in [3.8, 4) is 28.3 Å². The van der Waals surface area contributed by atoms with Crippen LogP contribution < -0.4 is 10.1 Å². The Morgan fingerprint density at radius 1 is 1.00 bits per heavy atom. The molecule has 0 aliphatic carbocycles. The van der Waals surface area contributed by atoms with Crippen LogP contribution in [0.15, 0.2) is 60.2 Å². The van der Waals surface area contributed by atoms with E-state index in [-0.39, 0.29) is 5.82 Å². The molecule has 2 aromatic carbocycles. The van der Waals surface area contributed by atoms with E-state index in [1.165, 1.54) is 6.07 Å². The lowest BCUT2D eigenvalue weighted by molar-refractivity contribution is 0.419. The summed E-state index contributed by atoms with van der Waals surface area (Å²) in [5.41, 5.74) is 5.43. The fourth-order valence-electron chi connectivity index (χ4n) is 4.12. The van der Waals surface area contributed by atoms with Gasteiger partial charge < -0.3 is 14.6 Å². The first-order chi connectivity index (χ1) is 16.5.